The van der Waals surface area contributed by atoms with Crippen LogP contribution >= 0.6 is 0 Å². The molecular weight excluding hydrogens is 455 g/mol. The Labute approximate surface area is 192 Å². The molecule has 3 aromatic rings. The molecule has 1 unspecified atom stereocenters. The van der Waals surface area contributed by atoms with Crippen molar-refractivity contribution in [3.8, 4) is 16.9 Å². The number of carboxylic acid groups (broad SMARTS) is 1. The molecule has 0 fully saturated rings. The third-order valence-electron chi connectivity index (χ3n) is 6.03. The van der Waals surface area contributed by atoms with Crippen molar-refractivity contribution in [2.45, 2.75) is 43.9 Å². The van der Waals surface area contributed by atoms with Gasteiger partial charge in [-0.2, -0.15) is 22.0 Å². The van der Waals surface area contributed by atoms with Crippen LogP contribution in [0.4, 0.5) is 22.0 Å². The van der Waals surface area contributed by atoms with E-state index in [-0.39, 0.29) is 13.0 Å². The third-order valence-corrected chi connectivity index (χ3v) is 6.03. The lowest BCUT2D eigenvalue weighted by Gasteiger charge is -2.30. The largest absolute Gasteiger partial charge is 0.489 e. The first kappa shape index (κ1) is 23.7. The average molecular weight is 476 g/mol. The summed E-state index contributed by atoms with van der Waals surface area (Å²) in [6.45, 7) is 0.169. The van der Waals surface area contributed by atoms with Crippen LogP contribution in [-0.2, 0) is 24.0 Å². The number of aryl methyl sites for hydroxylation is 1. The molecule has 0 aromatic heterocycles. The molecule has 1 aliphatic rings. The van der Waals surface area contributed by atoms with Gasteiger partial charge in [0.05, 0.1) is 11.5 Å². The summed E-state index contributed by atoms with van der Waals surface area (Å²) in [4.78, 5) is 11.0. The van der Waals surface area contributed by atoms with Gasteiger partial charge in [0.25, 0.3) is 0 Å². The van der Waals surface area contributed by atoms with E-state index >= 15 is 0 Å². The van der Waals surface area contributed by atoms with E-state index in [9.17, 15) is 26.7 Å². The van der Waals surface area contributed by atoms with Crippen molar-refractivity contribution in [2.24, 2.45) is 0 Å². The summed E-state index contributed by atoms with van der Waals surface area (Å²) in [5, 5.41) is 8.91. The molecule has 0 amide bonds. The summed E-state index contributed by atoms with van der Waals surface area (Å²) in [5.74, 6) is -6.86. The van der Waals surface area contributed by atoms with Crippen molar-refractivity contribution in [1.29, 1.82) is 0 Å². The van der Waals surface area contributed by atoms with Gasteiger partial charge in [-0.15, -0.1) is 0 Å². The Morgan fingerprint density at radius 3 is 2.35 bits per heavy atom. The monoisotopic (exact) mass is 476 g/mol. The predicted octanol–water partition coefficient (Wildman–Crippen LogP) is 7.09. The first-order chi connectivity index (χ1) is 16.1. The van der Waals surface area contributed by atoms with Crippen molar-refractivity contribution >= 4 is 5.97 Å². The summed E-state index contributed by atoms with van der Waals surface area (Å²) in [7, 11) is 0. The van der Waals surface area contributed by atoms with Gasteiger partial charge in [-0.3, -0.25) is 0 Å². The van der Waals surface area contributed by atoms with Crippen LogP contribution in [0.3, 0.4) is 0 Å². The highest BCUT2D eigenvalue weighted by atomic mass is 19.4. The number of ether oxygens (including phenoxy) is 1. The van der Waals surface area contributed by atoms with E-state index in [0.717, 1.165) is 23.3 Å². The molecule has 1 atom stereocenters. The van der Waals surface area contributed by atoms with Crippen LogP contribution in [-0.4, -0.2) is 17.0 Å². The van der Waals surface area contributed by atoms with Crippen LogP contribution in [0.5, 0.6) is 5.75 Å². The molecular formula is C26H21F5O3. The minimum Gasteiger partial charge on any atom is -0.489 e. The van der Waals surface area contributed by atoms with Crippen LogP contribution < -0.4 is 4.74 Å². The van der Waals surface area contributed by atoms with Gasteiger partial charge in [-0.25, -0.2) is 4.79 Å². The van der Waals surface area contributed by atoms with Crippen LogP contribution in [0.15, 0.2) is 66.7 Å². The Balaban J connectivity index is 1.48. The van der Waals surface area contributed by atoms with E-state index in [4.69, 9.17) is 9.84 Å². The van der Waals surface area contributed by atoms with E-state index in [0.29, 0.717) is 35.3 Å². The lowest BCUT2D eigenvalue weighted by molar-refractivity contribution is -0.169. The molecule has 8 heteroatoms. The molecule has 4 rings (SSSR count). The van der Waals surface area contributed by atoms with E-state index in [1.54, 1.807) is 24.3 Å². The molecule has 0 saturated heterocycles. The fourth-order valence-electron chi connectivity index (χ4n) is 4.27. The fourth-order valence-corrected chi connectivity index (χ4v) is 4.27. The summed E-state index contributed by atoms with van der Waals surface area (Å²) in [5.41, 5.74) is 2.41. The first-order valence-electron chi connectivity index (χ1n) is 10.7. The van der Waals surface area contributed by atoms with Gasteiger partial charge in [0.1, 0.15) is 12.4 Å². The van der Waals surface area contributed by atoms with Gasteiger partial charge in [0.15, 0.2) is 0 Å². The summed E-state index contributed by atoms with van der Waals surface area (Å²) < 4.78 is 72.5. The Morgan fingerprint density at radius 2 is 1.68 bits per heavy atom. The zero-order valence-electron chi connectivity index (χ0n) is 17.9. The molecule has 3 aromatic carbocycles. The van der Waals surface area contributed by atoms with Crippen LogP contribution in [0.25, 0.3) is 11.1 Å². The average Bonchev–Trinajstić information content (AvgIpc) is 2.81. The number of hydrogen-bond acceptors (Lipinski definition) is 2. The minimum atomic E-state index is -4.40. The summed E-state index contributed by atoms with van der Waals surface area (Å²) in [6.07, 6.45) is -3.28. The van der Waals surface area contributed by atoms with Crippen LogP contribution in [0.2, 0.25) is 0 Å². The first-order valence-corrected chi connectivity index (χ1v) is 10.7. The molecule has 34 heavy (non-hydrogen) atoms. The van der Waals surface area contributed by atoms with E-state index in [1.165, 1.54) is 18.2 Å². The van der Waals surface area contributed by atoms with E-state index in [1.807, 2.05) is 12.1 Å². The maximum Gasteiger partial charge on any atom is 0.416 e. The number of fused-ring (bicyclic) bond motifs is 1. The van der Waals surface area contributed by atoms with Gasteiger partial charge in [0.2, 0.25) is 0 Å². The fraction of sp³-hybridized carbons (Fsp3) is 0.269. The topological polar surface area (TPSA) is 46.5 Å². The molecule has 0 radical (unpaired) electrons. The lowest BCUT2D eigenvalue weighted by atomic mass is 9.79. The second-order valence-electron chi connectivity index (χ2n) is 8.30. The van der Waals surface area contributed by atoms with Crippen molar-refractivity contribution in [3.63, 3.8) is 0 Å². The van der Waals surface area contributed by atoms with Crippen molar-refractivity contribution in [3.05, 3.63) is 89.0 Å². The summed E-state index contributed by atoms with van der Waals surface area (Å²) in [6, 6.07) is 16.8. The molecule has 0 spiro atoms. The Morgan fingerprint density at radius 1 is 0.941 bits per heavy atom. The van der Waals surface area contributed by atoms with Crippen LogP contribution in [0, 0.1) is 0 Å². The molecule has 178 valence electrons. The standard InChI is InChI=1S/C26H21F5O3/c27-25(28,24(32)33)23-6-2-5-19-14-21(11-12-22(19)23)34-15-16-3-1-4-18(13-16)17-7-9-20(10-8-17)26(29,30)31/h1,3-4,7-14,23H,2,5-6,15H2,(H,32,33). The van der Waals surface area contributed by atoms with Gasteiger partial charge in [-0.1, -0.05) is 36.4 Å². The quantitative estimate of drug-likeness (QED) is 0.387. The molecule has 0 heterocycles. The van der Waals surface area contributed by atoms with E-state index < -0.39 is 29.5 Å². The number of carboxylic acids is 1. The normalized spacial score (nSPS) is 16.1. The molecule has 0 saturated carbocycles. The zero-order valence-corrected chi connectivity index (χ0v) is 17.9. The highest BCUT2D eigenvalue weighted by Gasteiger charge is 2.49. The number of aliphatic carboxylic acids is 1. The van der Waals surface area contributed by atoms with Crippen molar-refractivity contribution in [2.75, 3.05) is 0 Å². The number of carbonyl (C=O) groups is 1. The molecule has 1 aliphatic carbocycles. The second-order valence-corrected chi connectivity index (χ2v) is 8.30. The molecule has 3 nitrogen and oxygen atoms in total. The molecule has 0 aliphatic heterocycles. The second kappa shape index (κ2) is 9.08. The number of halogens is 5. The Bertz CT molecular complexity index is 1190. The van der Waals surface area contributed by atoms with E-state index in [2.05, 4.69) is 0 Å². The lowest BCUT2D eigenvalue weighted by Crippen LogP contribution is -2.37. The Hall–Kier alpha value is -3.42. The highest BCUT2D eigenvalue weighted by molar-refractivity contribution is 5.77. The minimum absolute atomic E-state index is 0.100. The maximum absolute atomic E-state index is 14.2. The number of benzene rings is 3. The van der Waals surface area contributed by atoms with Crippen molar-refractivity contribution < 1.29 is 36.6 Å². The Kier molecular flexibility index (Phi) is 6.34. The predicted molar refractivity (Wildman–Crippen MR) is 116 cm³/mol. The van der Waals surface area contributed by atoms with Gasteiger partial charge >= 0.3 is 18.1 Å². The maximum atomic E-state index is 14.2. The number of rotatable bonds is 6. The third kappa shape index (κ3) is 4.90. The van der Waals surface area contributed by atoms with Crippen molar-refractivity contribution in [1.82, 2.24) is 0 Å². The number of alkyl halides is 5. The zero-order chi connectivity index (χ0) is 24.5. The molecule has 1 N–H and O–H groups in total. The highest BCUT2D eigenvalue weighted by Crippen LogP contribution is 2.43. The molecule has 0 bridgehead atoms. The van der Waals surface area contributed by atoms with Gasteiger partial charge in [-0.05, 0) is 77.4 Å². The SMILES string of the molecule is O=C(O)C(F)(F)C1CCCc2cc(OCc3cccc(-c4ccc(C(F)(F)F)cc4)c3)ccc21. The number of hydrogen-bond donors (Lipinski definition) is 1. The van der Waals surface area contributed by atoms with Crippen LogP contribution in [0.1, 0.15) is 41.0 Å². The smallest absolute Gasteiger partial charge is 0.416 e. The van der Waals surface area contributed by atoms with Gasteiger partial charge in [0, 0.05) is 0 Å². The summed E-state index contributed by atoms with van der Waals surface area (Å²) >= 11 is 0. The van der Waals surface area contributed by atoms with Gasteiger partial charge < -0.3 is 9.84 Å².